The number of hydrogen-bond acceptors (Lipinski definition) is 4. The second-order valence-electron chi connectivity index (χ2n) is 4.66. The first-order valence-electron chi connectivity index (χ1n) is 6.15. The summed E-state index contributed by atoms with van der Waals surface area (Å²) in [7, 11) is 0. The largest absolute Gasteiger partial charge is 0.376 e. The average molecular weight is 236 g/mol. The minimum absolute atomic E-state index is 0.154. The van der Waals surface area contributed by atoms with Gasteiger partial charge in [0.05, 0.1) is 6.10 Å². The number of hydrogen-bond donors (Lipinski definition) is 2. The molecule has 2 heterocycles. The topological polar surface area (TPSA) is 79.9 Å². The van der Waals surface area contributed by atoms with Crippen LogP contribution >= 0.6 is 0 Å². The van der Waals surface area contributed by atoms with Crippen LogP contribution in [0.5, 0.6) is 0 Å². The molecule has 1 aromatic rings. The van der Waals surface area contributed by atoms with Gasteiger partial charge in [-0.3, -0.25) is 9.89 Å². The van der Waals surface area contributed by atoms with Crippen LogP contribution in [0, 0.1) is 0 Å². The van der Waals surface area contributed by atoms with E-state index in [0.29, 0.717) is 12.5 Å². The Kier molecular flexibility index (Phi) is 2.80. The number of H-pyrrole nitrogens is 1. The maximum atomic E-state index is 11.7. The van der Waals surface area contributed by atoms with Crippen molar-refractivity contribution in [2.75, 3.05) is 13.2 Å². The molecule has 1 aliphatic carbocycles. The zero-order valence-electron chi connectivity index (χ0n) is 9.61. The van der Waals surface area contributed by atoms with Crippen molar-refractivity contribution in [3.63, 3.8) is 0 Å². The molecule has 1 aliphatic heterocycles. The van der Waals surface area contributed by atoms with Gasteiger partial charge in [-0.1, -0.05) is 0 Å². The van der Waals surface area contributed by atoms with Gasteiger partial charge in [-0.2, -0.15) is 0 Å². The van der Waals surface area contributed by atoms with E-state index < -0.39 is 0 Å². The Balaban J connectivity index is 1.53. The minimum atomic E-state index is -0.219. The monoisotopic (exact) mass is 236 g/mol. The molecule has 1 saturated carbocycles. The number of nitrogens with one attached hydrogen (secondary N) is 2. The molecule has 6 nitrogen and oxygen atoms in total. The van der Waals surface area contributed by atoms with Crippen molar-refractivity contribution >= 4 is 5.91 Å². The predicted octanol–water partition coefficient (Wildman–Crippen LogP) is 0.591. The maximum Gasteiger partial charge on any atom is 0.291 e. The first-order valence-corrected chi connectivity index (χ1v) is 6.15. The van der Waals surface area contributed by atoms with Crippen LogP contribution in [0.1, 0.15) is 48.0 Å². The summed E-state index contributed by atoms with van der Waals surface area (Å²) in [6.45, 7) is 1.35. The SMILES string of the molecule is O=C(NCC1CCCO1)c1n[nH]c(C2CC2)n1. The molecule has 92 valence electrons. The molecular weight excluding hydrogens is 220 g/mol. The molecule has 2 aliphatic rings. The van der Waals surface area contributed by atoms with Crippen molar-refractivity contribution < 1.29 is 9.53 Å². The fourth-order valence-corrected chi connectivity index (χ4v) is 2.01. The van der Waals surface area contributed by atoms with E-state index in [9.17, 15) is 4.79 Å². The lowest BCUT2D eigenvalue weighted by atomic mass is 10.2. The van der Waals surface area contributed by atoms with Gasteiger partial charge in [-0.05, 0) is 25.7 Å². The molecule has 17 heavy (non-hydrogen) atoms. The maximum absolute atomic E-state index is 11.7. The fraction of sp³-hybridized carbons (Fsp3) is 0.727. The Hall–Kier alpha value is -1.43. The summed E-state index contributed by atoms with van der Waals surface area (Å²) in [5.41, 5.74) is 0. The highest BCUT2D eigenvalue weighted by atomic mass is 16.5. The van der Waals surface area contributed by atoms with Gasteiger partial charge in [0.25, 0.3) is 5.91 Å². The van der Waals surface area contributed by atoms with Gasteiger partial charge in [-0.25, -0.2) is 4.98 Å². The molecule has 3 rings (SSSR count). The highest BCUT2D eigenvalue weighted by Crippen LogP contribution is 2.37. The second-order valence-corrected chi connectivity index (χ2v) is 4.66. The van der Waals surface area contributed by atoms with E-state index in [1.807, 2.05) is 0 Å². The van der Waals surface area contributed by atoms with Crippen molar-refractivity contribution in [1.29, 1.82) is 0 Å². The summed E-state index contributed by atoms with van der Waals surface area (Å²) < 4.78 is 5.43. The first kappa shape index (κ1) is 10.7. The van der Waals surface area contributed by atoms with Crippen molar-refractivity contribution in [3.8, 4) is 0 Å². The van der Waals surface area contributed by atoms with E-state index in [0.717, 1.165) is 38.1 Å². The summed E-state index contributed by atoms with van der Waals surface area (Å²) in [6.07, 6.45) is 4.54. The molecule has 0 radical (unpaired) electrons. The summed E-state index contributed by atoms with van der Waals surface area (Å²) in [5, 5.41) is 9.56. The molecule has 0 bridgehead atoms. The number of nitrogens with zero attached hydrogens (tertiary/aromatic N) is 2. The van der Waals surface area contributed by atoms with Gasteiger partial charge < -0.3 is 10.1 Å². The lowest BCUT2D eigenvalue weighted by Crippen LogP contribution is -2.32. The van der Waals surface area contributed by atoms with Gasteiger partial charge in [0.15, 0.2) is 0 Å². The summed E-state index contributed by atoms with van der Waals surface area (Å²) in [4.78, 5) is 15.9. The Bertz CT molecular complexity index is 407. The van der Waals surface area contributed by atoms with E-state index in [4.69, 9.17) is 4.74 Å². The molecule has 0 aromatic carbocycles. The smallest absolute Gasteiger partial charge is 0.291 e. The van der Waals surface area contributed by atoms with Crippen LogP contribution in [0.2, 0.25) is 0 Å². The molecular formula is C11H16N4O2. The number of aromatic nitrogens is 3. The van der Waals surface area contributed by atoms with Crippen LogP contribution < -0.4 is 5.32 Å². The zero-order valence-corrected chi connectivity index (χ0v) is 9.61. The Morgan fingerprint density at radius 2 is 2.35 bits per heavy atom. The van der Waals surface area contributed by atoms with E-state index in [-0.39, 0.29) is 17.8 Å². The van der Waals surface area contributed by atoms with Crippen LogP contribution in [-0.4, -0.2) is 40.3 Å². The number of rotatable bonds is 4. The molecule has 1 amide bonds. The van der Waals surface area contributed by atoms with Crippen molar-refractivity contribution in [1.82, 2.24) is 20.5 Å². The molecule has 6 heteroatoms. The number of carbonyl (C=O) groups excluding carboxylic acids is 1. The van der Waals surface area contributed by atoms with Crippen molar-refractivity contribution in [2.45, 2.75) is 37.7 Å². The fourth-order valence-electron chi connectivity index (χ4n) is 2.01. The van der Waals surface area contributed by atoms with Gasteiger partial charge in [0.1, 0.15) is 5.82 Å². The molecule has 1 atom stereocenters. The van der Waals surface area contributed by atoms with Crippen molar-refractivity contribution in [2.24, 2.45) is 0 Å². The van der Waals surface area contributed by atoms with Gasteiger partial charge >= 0.3 is 0 Å². The van der Waals surface area contributed by atoms with Crippen LogP contribution in [0.4, 0.5) is 0 Å². The lowest BCUT2D eigenvalue weighted by Gasteiger charge is -2.08. The third-order valence-electron chi connectivity index (χ3n) is 3.18. The number of amides is 1. The Morgan fingerprint density at radius 1 is 1.47 bits per heavy atom. The summed E-state index contributed by atoms with van der Waals surface area (Å²) in [5.74, 6) is 1.35. The second kappa shape index (κ2) is 4.44. The van der Waals surface area contributed by atoms with Crippen LogP contribution in [0.25, 0.3) is 0 Å². The highest BCUT2D eigenvalue weighted by molar-refractivity contribution is 5.90. The minimum Gasteiger partial charge on any atom is -0.376 e. The number of ether oxygens (including phenoxy) is 1. The molecule has 2 fully saturated rings. The van der Waals surface area contributed by atoms with E-state index in [2.05, 4.69) is 20.5 Å². The normalized spacial score (nSPS) is 23.9. The van der Waals surface area contributed by atoms with Crippen LogP contribution in [0.3, 0.4) is 0 Å². The van der Waals surface area contributed by atoms with E-state index in [1.54, 1.807) is 0 Å². The average Bonchev–Trinajstić information content (AvgIpc) is 2.88. The van der Waals surface area contributed by atoms with Crippen molar-refractivity contribution in [3.05, 3.63) is 11.6 Å². The molecule has 1 saturated heterocycles. The number of aromatic amines is 1. The Labute approximate surface area is 99.1 Å². The number of carbonyl (C=O) groups is 1. The summed E-state index contributed by atoms with van der Waals surface area (Å²) in [6, 6.07) is 0. The highest BCUT2D eigenvalue weighted by Gasteiger charge is 2.28. The quantitative estimate of drug-likeness (QED) is 0.802. The molecule has 1 aromatic heterocycles. The molecule has 1 unspecified atom stereocenters. The predicted molar refractivity (Wildman–Crippen MR) is 59.7 cm³/mol. The molecule has 0 spiro atoms. The third-order valence-corrected chi connectivity index (χ3v) is 3.18. The first-order chi connectivity index (χ1) is 8.33. The van der Waals surface area contributed by atoms with E-state index >= 15 is 0 Å². The van der Waals surface area contributed by atoms with Crippen LogP contribution in [0.15, 0.2) is 0 Å². The standard InChI is InChI=1S/C11H16N4O2/c16-11(12-6-8-2-1-5-17-8)10-13-9(14-15-10)7-3-4-7/h7-8H,1-6H2,(H,12,16)(H,13,14,15). The Morgan fingerprint density at radius 3 is 3.06 bits per heavy atom. The lowest BCUT2D eigenvalue weighted by molar-refractivity contribution is 0.0849. The molecule has 2 N–H and O–H groups in total. The zero-order chi connectivity index (χ0) is 11.7. The van der Waals surface area contributed by atoms with Crippen LogP contribution in [-0.2, 0) is 4.74 Å². The van der Waals surface area contributed by atoms with Gasteiger partial charge in [-0.15, -0.1) is 5.10 Å². The van der Waals surface area contributed by atoms with E-state index in [1.165, 1.54) is 0 Å². The third kappa shape index (κ3) is 2.46. The van der Waals surface area contributed by atoms with Gasteiger partial charge in [0, 0.05) is 19.1 Å². The van der Waals surface area contributed by atoms with Gasteiger partial charge in [0.2, 0.25) is 5.82 Å². The summed E-state index contributed by atoms with van der Waals surface area (Å²) >= 11 is 0.